The zero-order chi connectivity index (χ0) is 29.5. The molecule has 0 aliphatic rings. The Morgan fingerprint density at radius 1 is 0.950 bits per heavy atom. The van der Waals surface area contributed by atoms with Crippen molar-refractivity contribution >= 4 is 50.3 Å². The fourth-order valence-electron chi connectivity index (χ4n) is 3.67. The second-order valence-corrected chi connectivity index (χ2v) is 10.4. The van der Waals surface area contributed by atoms with Crippen LogP contribution in [0, 0.1) is 4.91 Å². The van der Waals surface area contributed by atoms with E-state index in [4.69, 9.17) is 5.73 Å². The lowest BCUT2D eigenvalue weighted by atomic mass is 10.1. The number of nitroso groups, excluding NO2 is 1. The number of sulfonamides is 1. The Labute approximate surface area is 228 Å². The molecule has 10 nitrogen and oxygen atoms in total. The molecule has 0 atom stereocenters. The van der Waals surface area contributed by atoms with Crippen LogP contribution in [0.5, 0.6) is 0 Å². The predicted molar refractivity (Wildman–Crippen MR) is 143 cm³/mol. The molecule has 0 spiro atoms. The van der Waals surface area contributed by atoms with E-state index in [9.17, 15) is 36.1 Å². The first kappa shape index (κ1) is 30.1. The monoisotopic (exact) mass is 578 g/mol. The minimum atomic E-state index is -4.58. The van der Waals surface area contributed by atoms with Gasteiger partial charge in [-0.05, 0) is 48.9 Å². The van der Waals surface area contributed by atoms with E-state index in [1.807, 2.05) is 11.6 Å². The maximum Gasteiger partial charge on any atom is 0.416 e. The second kappa shape index (κ2) is 12.6. The van der Waals surface area contributed by atoms with Crippen molar-refractivity contribution in [3.8, 4) is 0 Å². The zero-order valence-electron chi connectivity index (χ0n) is 21.3. The number of para-hydroxylation sites is 1. The maximum atomic E-state index is 12.9. The van der Waals surface area contributed by atoms with E-state index in [1.54, 1.807) is 5.18 Å². The molecular formula is C26H27F3N5O5S+. The molecule has 0 saturated carbocycles. The first-order valence-corrected chi connectivity index (χ1v) is 13.6. The largest absolute Gasteiger partial charge is 0.416 e. The average molecular weight is 579 g/mol. The fourth-order valence-corrected chi connectivity index (χ4v) is 4.85. The van der Waals surface area contributed by atoms with E-state index >= 15 is 0 Å². The van der Waals surface area contributed by atoms with Gasteiger partial charge in [-0.15, -0.1) is 0 Å². The van der Waals surface area contributed by atoms with Crippen LogP contribution in [0.3, 0.4) is 0 Å². The van der Waals surface area contributed by atoms with Gasteiger partial charge in [-0.2, -0.15) is 13.2 Å². The molecule has 0 heterocycles. The van der Waals surface area contributed by atoms with Crippen molar-refractivity contribution in [3.63, 3.8) is 0 Å². The third-order valence-corrected chi connectivity index (χ3v) is 7.15. The quantitative estimate of drug-likeness (QED) is 0.169. The van der Waals surface area contributed by atoms with Crippen molar-refractivity contribution in [2.75, 3.05) is 16.4 Å². The highest BCUT2D eigenvalue weighted by Crippen LogP contribution is 2.34. The predicted octanol–water partition coefficient (Wildman–Crippen LogP) is 4.15. The minimum Gasteiger partial charge on any atom is -0.397 e. The van der Waals surface area contributed by atoms with Crippen LogP contribution in [0.2, 0.25) is 0 Å². The molecule has 0 radical (unpaired) electrons. The Bertz CT molecular complexity index is 1530. The van der Waals surface area contributed by atoms with Crippen LogP contribution in [0.1, 0.15) is 48.5 Å². The van der Waals surface area contributed by atoms with Crippen molar-refractivity contribution in [3.05, 3.63) is 76.7 Å². The first-order valence-electron chi connectivity index (χ1n) is 12.1. The summed E-state index contributed by atoms with van der Waals surface area (Å²) in [5.41, 5.74) is 4.51. The lowest BCUT2D eigenvalue weighted by Gasteiger charge is -2.14. The van der Waals surface area contributed by atoms with Crippen LogP contribution >= 0.6 is 0 Å². The number of halogens is 3. The van der Waals surface area contributed by atoms with Crippen molar-refractivity contribution in [1.82, 2.24) is 4.72 Å². The summed E-state index contributed by atoms with van der Waals surface area (Å²) in [6.07, 6.45) is -2.39. The van der Waals surface area contributed by atoms with E-state index in [1.165, 1.54) is 36.4 Å². The van der Waals surface area contributed by atoms with Crippen LogP contribution in [-0.2, 0) is 21.0 Å². The molecule has 0 aliphatic heterocycles. The fraction of sp³-hybridized carbons (Fsp3) is 0.231. The molecule has 3 aromatic carbocycles. The van der Waals surface area contributed by atoms with Gasteiger partial charge in [0.2, 0.25) is 5.91 Å². The zero-order valence-corrected chi connectivity index (χ0v) is 22.1. The molecule has 3 aromatic rings. The summed E-state index contributed by atoms with van der Waals surface area (Å²) in [4.78, 5) is 36.3. The second-order valence-electron chi connectivity index (χ2n) is 8.72. The number of rotatable bonds is 11. The number of nitrogens with two attached hydrogens (primary N) is 1. The number of hydrogen-bond acceptors (Lipinski definition) is 7. The number of benzene rings is 3. The average Bonchev–Trinajstić information content (AvgIpc) is 2.89. The Balaban J connectivity index is 1.80. The molecule has 0 saturated heterocycles. The van der Waals surface area contributed by atoms with E-state index in [-0.39, 0.29) is 45.3 Å². The molecule has 212 valence electrons. The van der Waals surface area contributed by atoms with Crippen molar-refractivity contribution in [2.24, 2.45) is 0 Å². The number of carbonyl (C=O) groups is 2. The molecule has 0 aromatic heterocycles. The molecule has 0 unspecified atom stereocenters. The Morgan fingerprint density at radius 3 is 2.30 bits per heavy atom. The number of nitrogen functional groups attached to an aromatic ring is 1. The van der Waals surface area contributed by atoms with Gasteiger partial charge in [-0.25, -0.2) is 13.1 Å². The normalized spacial score (nSPS) is 11.5. The van der Waals surface area contributed by atoms with Gasteiger partial charge < -0.3 is 16.4 Å². The third-order valence-electron chi connectivity index (χ3n) is 5.72. The summed E-state index contributed by atoms with van der Waals surface area (Å²) in [7, 11) is -4.29. The molecule has 3 rings (SSSR count). The number of anilines is 4. The summed E-state index contributed by atoms with van der Waals surface area (Å²) >= 11 is 0. The number of hydrogen-bond donors (Lipinski definition) is 5. The Hall–Kier alpha value is -4.46. The van der Waals surface area contributed by atoms with Gasteiger partial charge in [-0.1, -0.05) is 31.9 Å². The standard InChI is InChI=1S/C26H26F3N5O5S/c1-2-3-4-9-24(35)34-40(38,39)23-8-6-5-7-21(23)32-25(36)16-10-12-20(22(14-16)33-37)31-19-13-11-17(15-18(19)30)26(27,28)29/h5-8,10-15,31H,2-4,9,30H2,1H3,(H,32,36)(H,34,35)/p+1. The van der Waals surface area contributed by atoms with Crippen LogP contribution in [0.4, 0.5) is 41.6 Å². The summed E-state index contributed by atoms with van der Waals surface area (Å²) in [6.45, 7) is 1.95. The lowest BCUT2D eigenvalue weighted by molar-refractivity contribution is -0.378. The summed E-state index contributed by atoms with van der Waals surface area (Å²) in [5, 5.41) is 6.86. The van der Waals surface area contributed by atoms with Gasteiger partial charge in [0, 0.05) is 28.1 Å². The highest BCUT2D eigenvalue weighted by molar-refractivity contribution is 7.90. The minimum absolute atomic E-state index is 0.0328. The van der Waals surface area contributed by atoms with Gasteiger partial charge in [0.25, 0.3) is 21.6 Å². The lowest BCUT2D eigenvalue weighted by Crippen LogP contribution is -2.56. The van der Waals surface area contributed by atoms with Crippen LogP contribution < -0.4 is 26.3 Å². The molecule has 6 N–H and O–H groups in total. The van der Waals surface area contributed by atoms with E-state index < -0.39 is 33.6 Å². The number of carbonyl (C=O) groups excluding carboxylic acids is 2. The SMILES string of the molecule is CCCCCC(=O)NS(=O)(=O)c1ccccc1NC(=O)c1ccc(Nc2ccc(C(F)(F)F)cc2N)c([NH+]=O)c1. The Morgan fingerprint density at radius 2 is 1.65 bits per heavy atom. The molecule has 0 bridgehead atoms. The van der Waals surface area contributed by atoms with E-state index in [2.05, 4.69) is 10.6 Å². The molecule has 0 fully saturated rings. The highest BCUT2D eigenvalue weighted by atomic mass is 32.2. The topological polar surface area (TPSA) is 161 Å². The number of unbranched alkanes of at least 4 members (excludes halogenated alkanes) is 2. The van der Waals surface area contributed by atoms with Gasteiger partial charge >= 0.3 is 6.18 Å². The van der Waals surface area contributed by atoms with Gasteiger partial charge in [-0.3, -0.25) is 9.59 Å². The summed E-state index contributed by atoms with van der Waals surface area (Å²) < 4.78 is 66.4. The van der Waals surface area contributed by atoms with Crippen molar-refractivity contribution in [1.29, 1.82) is 0 Å². The van der Waals surface area contributed by atoms with Crippen LogP contribution in [0.15, 0.2) is 65.6 Å². The van der Waals surface area contributed by atoms with Gasteiger partial charge in [0.15, 0.2) is 0 Å². The number of alkyl halides is 3. The van der Waals surface area contributed by atoms with E-state index in [0.29, 0.717) is 6.42 Å². The summed E-state index contributed by atoms with van der Waals surface area (Å²) in [5.74, 6) is -1.44. The highest BCUT2D eigenvalue weighted by Gasteiger charge is 2.31. The van der Waals surface area contributed by atoms with Crippen molar-refractivity contribution in [2.45, 2.75) is 43.7 Å². The smallest absolute Gasteiger partial charge is 0.397 e. The Kier molecular flexibility index (Phi) is 9.47. The first-order chi connectivity index (χ1) is 18.9. The van der Waals surface area contributed by atoms with Gasteiger partial charge in [0.1, 0.15) is 10.6 Å². The molecule has 40 heavy (non-hydrogen) atoms. The van der Waals surface area contributed by atoms with Crippen LogP contribution in [0.25, 0.3) is 0 Å². The molecule has 2 amide bonds. The number of nitrogens with one attached hydrogen (secondary N) is 4. The summed E-state index contributed by atoms with van der Waals surface area (Å²) in [6, 6.07) is 12.0. The third kappa shape index (κ3) is 7.56. The number of amides is 2. The van der Waals surface area contributed by atoms with E-state index in [0.717, 1.165) is 37.1 Å². The van der Waals surface area contributed by atoms with Gasteiger partial charge in [0.05, 0.1) is 22.6 Å². The van der Waals surface area contributed by atoms with Crippen LogP contribution in [-0.4, -0.2) is 20.2 Å². The van der Waals surface area contributed by atoms with Crippen molar-refractivity contribution < 1.29 is 36.4 Å². The maximum absolute atomic E-state index is 12.9. The molecule has 0 aliphatic carbocycles. The molecule has 14 heteroatoms. The molecular weight excluding hydrogens is 551 g/mol.